The zero-order valence-corrected chi connectivity index (χ0v) is 22.6. The summed E-state index contributed by atoms with van der Waals surface area (Å²) in [5.74, 6) is -0.768. The van der Waals surface area contributed by atoms with Gasteiger partial charge in [-0.15, -0.1) is 0 Å². The quantitative estimate of drug-likeness (QED) is 0.425. The van der Waals surface area contributed by atoms with Crippen LogP contribution in [0.2, 0.25) is 5.02 Å². The summed E-state index contributed by atoms with van der Waals surface area (Å²) in [5, 5.41) is 3.24. The average molecular weight is 562 g/mol. The Labute approximate surface area is 220 Å². The number of anilines is 1. The summed E-state index contributed by atoms with van der Waals surface area (Å²) in [7, 11) is -3.93. The number of amides is 2. The summed E-state index contributed by atoms with van der Waals surface area (Å²) in [6, 6.07) is 9.87. The highest BCUT2D eigenvalue weighted by molar-refractivity contribution is 7.92. The standard InChI is InChI=1S/C25H31ClF3N3O4S/c1-17(2)30-24(34)18(3)31(16-19-8-5-10-21(26)14-19)23(33)12-7-13-32(37(4,35)36)22-11-6-9-20(15-22)25(27,28)29/h5-6,8-11,14-15,17-18H,7,12-13,16H2,1-4H3,(H,30,34). The summed E-state index contributed by atoms with van der Waals surface area (Å²) < 4.78 is 65.0. The van der Waals surface area contributed by atoms with Gasteiger partial charge in [-0.1, -0.05) is 29.8 Å². The minimum Gasteiger partial charge on any atom is -0.352 e. The molecule has 12 heteroatoms. The number of sulfonamides is 1. The molecule has 0 aromatic heterocycles. The number of hydrogen-bond acceptors (Lipinski definition) is 4. The van der Waals surface area contributed by atoms with Gasteiger partial charge < -0.3 is 10.2 Å². The second kappa shape index (κ2) is 12.6. The molecule has 2 amide bonds. The molecule has 2 aromatic carbocycles. The molecular weight excluding hydrogens is 531 g/mol. The molecular formula is C25H31ClF3N3O4S. The summed E-state index contributed by atoms with van der Waals surface area (Å²) >= 11 is 6.06. The van der Waals surface area contributed by atoms with Gasteiger partial charge in [0.2, 0.25) is 21.8 Å². The van der Waals surface area contributed by atoms with Gasteiger partial charge in [0, 0.05) is 30.6 Å². The Kier molecular flexibility index (Phi) is 10.4. The highest BCUT2D eigenvalue weighted by atomic mass is 35.5. The van der Waals surface area contributed by atoms with Crippen LogP contribution in [-0.4, -0.2) is 50.0 Å². The second-order valence-electron chi connectivity index (χ2n) is 8.98. The molecule has 204 valence electrons. The zero-order chi connectivity index (χ0) is 28.0. The molecule has 0 bridgehead atoms. The van der Waals surface area contributed by atoms with Gasteiger partial charge >= 0.3 is 6.18 Å². The van der Waals surface area contributed by atoms with Crippen LogP contribution in [0.5, 0.6) is 0 Å². The van der Waals surface area contributed by atoms with E-state index in [0.29, 0.717) is 10.6 Å². The molecule has 0 aliphatic rings. The Morgan fingerprint density at radius 1 is 1.05 bits per heavy atom. The molecule has 0 spiro atoms. The number of nitrogens with one attached hydrogen (secondary N) is 1. The number of alkyl halides is 3. The van der Waals surface area contributed by atoms with E-state index in [1.165, 1.54) is 11.0 Å². The Morgan fingerprint density at radius 2 is 1.70 bits per heavy atom. The number of benzene rings is 2. The van der Waals surface area contributed by atoms with Crippen LogP contribution in [0.4, 0.5) is 18.9 Å². The van der Waals surface area contributed by atoms with Gasteiger partial charge in [-0.2, -0.15) is 13.2 Å². The molecule has 7 nitrogen and oxygen atoms in total. The number of rotatable bonds is 11. The van der Waals surface area contributed by atoms with Crippen molar-refractivity contribution in [3.63, 3.8) is 0 Å². The van der Waals surface area contributed by atoms with E-state index < -0.39 is 33.7 Å². The maximum atomic E-state index is 13.2. The Bertz CT molecular complexity index is 1210. The molecule has 0 fully saturated rings. The van der Waals surface area contributed by atoms with Crippen LogP contribution in [0.1, 0.15) is 44.7 Å². The van der Waals surface area contributed by atoms with E-state index in [0.717, 1.165) is 28.8 Å². The first kappa shape index (κ1) is 30.4. The lowest BCUT2D eigenvalue weighted by Gasteiger charge is -2.30. The zero-order valence-electron chi connectivity index (χ0n) is 21.0. The fourth-order valence-electron chi connectivity index (χ4n) is 3.66. The molecule has 0 aliphatic carbocycles. The number of halogens is 4. The van der Waals surface area contributed by atoms with E-state index in [4.69, 9.17) is 11.6 Å². The fourth-order valence-corrected chi connectivity index (χ4v) is 4.83. The van der Waals surface area contributed by atoms with Crippen molar-refractivity contribution in [2.75, 3.05) is 17.1 Å². The first-order valence-electron chi connectivity index (χ1n) is 11.6. The molecule has 0 heterocycles. The number of carbonyl (C=O) groups excluding carboxylic acids is 2. The topological polar surface area (TPSA) is 86.8 Å². The highest BCUT2D eigenvalue weighted by Gasteiger charge is 2.32. The average Bonchev–Trinajstić information content (AvgIpc) is 2.78. The number of nitrogens with zero attached hydrogens (tertiary/aromatic N) is 2. The van der Waals surface area contributed by atoms with Crippen LogP contribution in [-0.2, 0) is 32.3 Å². The lowest BCUT2D eigenvalue weighted by molar-refractivity contribution is -0.140. The molecule has 0 radical (unpaired) electrons. The first-order chi connectivity index (χ1) is 17.1. The second-order valence-corrected chi connectivity index (χ2v) is 11.3. The predicted molar refractivity (Wildman–Crippen MR) is 138 cm³/mol. The van der Waals surface area contributed by atoms with Gasteiger partial charge in [-0.05, 0) is 63.1 Å². The first-order valence-corrected chi connectivity index (χ1v) is 13.8. The molecule has 1 atom stereocenters. The Hall–Kier alpha value is -2.79. The summed E-state index contributed by atoms with van der Waals surface area (Å²) in [6.45, 7) is 5.05. The normalized spacial score (nSPS) is 12.8. The van der Waals surface area contributed by atoms with Crippen molar-refractivity contribution in [1.29, 1.82) is 0 Å². The van der Waals surface area contributed by atoms with Crippen LogP contribution in [0, 0.1) is 0 Å². The third kappa shape index (κ3) is 9.23. The SMILES string of the molecule is CC(C)NC(=O)C(C)N(Cc1cccc(Cl)c1)C(=O)CCCN(c1cccc(C(F)(F)F)c1)S(C)(=O)=O. The predicted octanol–water partition coefficient (Wildman–Crippen LogP) is 4.85. The Balaban J connectivity index is 2.22. The molecule has 2 aromatic rings. The fraction of sp³-hybridized carbons (Fsp3) is 0.440. The third-order valence-corrected chi connectivity index (χ3v) is 6.88. The molecule has 2 rings (SSSR count). The summed E-state index contributed by atoms with van der Waals surface area (Å²) in [5.41, 5.74) is -0.426. The summed E-state index contributed by atoms with van der Waals surface area (Å²) in [4.78, 5) is 27.2. The number of carbonyl (C=O) groups is 2. The monoisotopic (exact) mass is 561 g/mol. The molecule has 0 saturated heterocycles. The van der Waals surface area contributed by atoms with Gasteiger partial charge in [0.15, 0.2) is 0 Å². The lowest BCUT2D eigenvalue weighted by Crippen LogP contribution is -2.49. The highest BCUT2D eigenvalue weighted by Crippen LogP contribution is 2.32. The van der Waals surface area contributed by atoms with E-state index in [2.05, 4.69) is 5.32 Å². The molecule has 1 N–H and O–H groups in total. The molecule has 37 heavy (non-hydrogen) atoms. The Morgan fingerprint density at radius 3 is 2.27 bits per heavy atom. The minimum atomic E-state index is -4.64. The minimum absolute atomic E-state index is 0.0205. The van der Waals surface area contributed by atoms with Crippen molar-refractivity contribution in [3.8, 4) is 0 Å². The van der Waals surface area contributed by atoms with E-state index in [9.17, 15) is 31.2 Å². The van der Waals surface area contributed by atoms with Crippen molar-refractivity contribution in [2.45, 2.75) is 58.4 Å². The molecule has 0 saturated carbocycles. The van der Waals surface area contributed by atoms with Crippen molar-refractivity contribution >= 4 is 39.1 Å². The molecule has 1 unspecified atom stereocenters. The van der Waals surface area contributed by atoms with Crippen LogP contribution in [0.3, 0.4) is 0 Å². The maximum absolute atomic E-state index is 13.2. The van der Waals surface area contributed by atoms with Crippen molar-refractivity contribution < 1.29 is 31.2 Å². The van der Waals surface area contributed by atoms with E-state index in [1.807, 2.05) is 0 Å². The van der Waals surface area contributed by atoms with Crippen molar-refractivity contribution in [3.05, 3.63) is 64.7 Å². The van der Waals surface area contributed by atoms with Gasteiger partial charge in [-0.25, -0.2) is 8.42 Å². The number of hydrogen-bond donors (Lipinski definition) is 1. The van der Waals surface area contributed by atoms with Gasteiger partial charge in [0.05, 0.1) is 17.5 Å². The van der Waals surface area contributed by atoms with E-state index in [1.54, 1.807) is 45.0 Å². The maximum Gasteiger partial charge on any atom is 0.416 e. The molecule has 0 aliphatic heterocycles. The lowest BCUT2D eigenvalue weighted by atomic mass is 10.1. The van der Waals surface area contributed by atoms with Gasteiger partial charge in [-0.3, -0.25) is 13.9 Å². The van der Waals surface area contributed by atoms with Crippen LogP contribution >= 0.6 is 11.6 Å². The smallest absolute Gasteiger partial charge is 0.352 e. The van der Waals surface area contributed by atoms with Crippen LogP contribution in [0.25, 0.3) is 0 Å². The van der Waals surface area contributed by atoms with Crippen LogP contribution in [0.15, 0.2) is 48.5 Å². The largest absolute Gasteiger partial charge is 0.416 e. The van der Waals surface area contributed by atoms with E-state index in [-0.39, 0.29) is 43.6 Å². The third-order valence-electron chi connectivity index (χ3n) is 5.45. The van der Waals surface area contributed by atoms with Crippen LogP contribution < -0.4 is 9.62 Å². The van der Waals surface area contributed by atoms with Crippen molar-refractivity contribution in [2.24, 2.45) is 0 Å². The van der Waals surface area contributed by atoms with Gasteiger partial charge in [0.25, 0.3) is 0 Å². The summed E-state index contributed by atoms with van der Waals surface area (Å²) in [6.07, 6.45) is -3.86. The van der Waals surface area contributed by atoms with Gasteiger partial charge in [0.1, 0.15) is 6.04 Å². The van der Waals surface area contributed by atoms with E-state index >= 15 is 0 Å². The van der Waals surface area contributed by atoms with Crippen molar-refractivity contribution in [1.82, 2.24) is 10.2 Å².